The van der Waals surface area contributed by atoms with E-state index in [4.69, 9.17) is 18.9 Å². The molecule has 1 heterocycles. The Morgan fingerprint density at radius 2 is 1.53 bits per heavy atom. The summed E-state index contributed by atoms with van der Waals surface area (Å²) in [6.07, 6.45) is 2.75. The predicted octanol–water partition coefficient (Wildman–Crippen LogP) is 6.57. The van der Waals surface area contributed by atoms with Crippen LogP contribution in [0.3, 0.4) is 0 Å². The number of aryl methyl sites for hydroxylation is 1. The molecule has 0 spiro atoms. The number of fused-ring (bicyclic) bond motifs is 1. The number of esters is 1. The van der Waals surface area contributed by atoms with E-state index in [2.05, 4.69) is 6.92 Å². The Kier molecular flexibility index (Phi) is 9.51. The van der Waals surface area contributed by atoms with Gasteiger partial charge in [0.25, 0.3) is 10.0 Å². The number of nitrogens with zero attached hydrogens (tertiary/aromatic N) is 1. The van der Waals surface area contributed by atoms with Crippen LogP contribution in [0.4, 0.5) is 5.69 Å². The number of hydrogen-bond acceptors (Lipinski definition) is 7. The highest BCUT2D eigenvalue weighted by Crippen LogP contribution is 2.37. The van der Waals surface area contributed by atoms with Crippen molar-refractivity contribution in [2.45, 2.75) is 43.5 Å². The molecule has 0 saturated heterocycles. The van der Waals surface area contributed by atoms with E-state index >= 15 is 0 Å². The monoisotopic (exact) mass is 601 g/mol. The summed E-state index contributed by atoms with van der Waals surface area (Å²) in [6.45, 7) is 2.99. The van der Waals surface area contributed by atoms with Crippen molar-refractivity contribution in [2.24, 2.45) is 0 Å². The number of ether oxygens (including phenoxy) is 4. The van der Waals surface area contributed by atoms with Gasteiger partial charge in [0.1, 0.15) is 29.0 Å². The predicted molar refractivity (Wildman–Crippen MR) is 165 cm³/mol. The fourth-order valence-electron chi connectivity index (χ4n) is 5.07. The lowest BCUT2D eigenvalue weighted by Gasteiger charge is -2.25. The normalized spacial score (nSPS) is 14.2. The van der Waals surface area contributed by atoms with Gasteiger partial charge in [-0.15, -0.1) is 0 Å². The van der Waals surface area contributed by atoms with Crippen LogP contribution in [0.2, 0.25) is 0 Å². The number of carbonyl (C=O) groups excluding carboxylic acids is 1. The molecule has 1 aliphatic heterocycles. The number of anilines is 1. The van der Waals surface area contributed by atoms with Crippen molar-refractivity contribution in [3.8, 4) is 23.0 Å². The summed E-state index contributed by atoms with van der Waals surface area (Å²) in [5, 5.41) is 0. The molecule has 1 aliphatic rings. The largest absolute Gasteiger partial charge is 0.493 e. The highest BCUT2D eigenvalue weighted by atomic mass is 32.2. The third-order valence-electron chi connectivity index (χ3n) is 7.12. The molecule has 9 heteroatoms. The van der Waals surface area contributed by atoms with E-state index in [0.29, 0.717) is 31.1 Å². The van der Waals surface area contributed by atoms with Gasteiger partial charge < -0.3 is 18.9 Å². The molecule has 43 heavy (non-hydrogen) atoms. The second-order valence-electron chi connectivity index (χ2n) is 10.1. The minimum atomic E-state index is -4.01. The van der Waals surface area contributed by atoms with Crippen molar-refractivity contribution < 1.29 is 32.2 Å². The van der Waals surface area contributed by atoms with Gasteiger partial charge in [-0.05, 0) is 78.2 Å². The Morgan fingerprint density at radius 3 is 2.28 bits per heavy atom. The van der Waals surface area contributed by atoms with Crippen LogP contribution in [0.5, 0.6) is 23.0 Å². The van der Waals surface area contributed by atoms with Gasteiger partial charge in [0, 0.05) is 12.8 Å². The molecule has 0 aromatic heterocycles. The van der Waals surface area contributed by atoms with Gasteiger partial charge in [0.05, 0.1) is 30.9 Å². The first-order chi connectivity index (χ1) is 20.9. The molecule has 0 amide bonds. The molecule has 4 aromatic carbocycles. The number of hydrogen-bond donors (Lipinski definition) is 0. The van der Waals surface area contributed by atoms with Crippen LogP contribution in [-0.4, -0.2) is 40.8 Å². The van der Waals surface area contributed by atoms with Crippen molar-refractivity contribution >= 4 is 21.7 Å². The third kappa shape index (κ3) is 6.94. The van der Waals surface area contributed by atoms with Crippen molar-refractivity contribution in [3.05, 3.63) is 108 Å². The molecule has 5 rings (SSSR count). The number of benzene rings is 4. The summed E-state index contributed by atoms with van der Waals surface area (Å²) in [7, 11) is -2.76. The maximum atomic E-state index is 13.6. The molecule has 0 bridgehead atoms. The van der Waals surface area contributed by atoms with E-state index < -0.39 is 22.0 Å². The van der Waals surface area contributed by atoms with Crippen LogP contribution in [0, 0.1) is 0 Å². The summed E-state index contributed by atoms with van der Waals surface area (Å²) in [5.41, 5.74) is 2.35. The number of rotatable bonds is 13. The third-order valence-corrected chi connectivity index (χ3v) is 8.96. The summed E-state index contributed by atoms with van der Waals surface area (Å²) in [6, 6.07) is 27.9. The van der Waals surface area contributed by atoms with Crippen LogP contribution in [-0.2, 0) is 32.4 Å². The average molecular weight is 602 g/mol. The van der Waals surface area contributed by atoms with Crippen molar-refractivity contribution in [1.29, 1.82) is 0 Å². The fourth-order valence-corrected chi connectivity index (χ4v) is 6.71. The number of sulfonamides is 1. The molecule has 4 aromatic rings. The first-order valence-electron chi connectivity index (χ1n) is 14.3. The number of para-hydroxylation sites is 2. The zero-order valence-corrected chi connectivity index (χ0v) is 25.1. The van der Waals surface area contributed by atoms with Gasteiger partial charge in [0.2, 0.25) is 0 Å². The molecular formula is C34H35NO7S. The lowest BCUT2D eigenvalue weighted by atomic mass is 10.1. The highest BCUT2D eigenvalue weighted by molar-refractivity contribution is 7.93. The van der Waals surface area contributed by atoms with Crippen LogP contribution in [0.1, 0.15) is 30.9 Å². The van der Waals surface area contributed by atoms with Gasteiger partial charge in [0.15, 0.2) is 0 Å². The highest BCUT2D eigenvalue weighted by Gasteiger charge is 2.42. The fraction of sp³-hybridized carbons (Fsp3) is 0.265. The van der Waals surface area contributed by atoms with Gasteiger partial charge in [-0.1, -0.05) is 49.7 Å². The van der Waals surface area contributed by atoms with Crippen LogP contribution in [0.25, 0.3) is 0 Å². The number of carbonyl (C=O) groups is 1. The van der Waals surface area contributed by atoms with Gasteiger partial charge in [-0.25, -0.2) is 13.2 Å². The van der Waals surface area contributed by atoms with Crippen LogP contribution in [0.15, 0.2) is 102 Å². The standard InChI is InChI=1S/C34H35NO7S/c1-3-10-26-23-29(42-28-12-5-4-6-13-28)17-20-33(26)41-22-9-21-40-27-15-18-30(19-16-27)43(37,38)35-31-14-8-7-11-25(31)24-32(35)34(36)39-2/h4-8,11-20,23,32H,3,9-10,21-22,24H2,1-2H3. The molecule has 0 radical (unpaired) electrons. The van der Waals surface area contributed by atoms with E-state index in [0.717, 1.165) is 45.5 Å². The van der Waals surface area contributed by atoms with E-state index in [1.165, 1.54) is 19.2 Å². The average Bonchev–Trinajstić information content (AvgIpc) is 3.43. The molecule has 1 unspecified atom stereocenters. The minimum absolute atomic E-state index is 0.0666. The Balaban J connectivity index is 1.16. The first-order valence-corrected chi connectivity index (χ1v) is 15.8. The molecule has 0 aliphatic carbocycles. The maximum Gasteiger partial charge on any atom is 0.330 e. The summed E-state index contributed by atoms with van der Waals surface area (Å²) in [4.78, 5) is 12.5. The van der Waals surface area contributed by atoms with E-state index in [1.807, 2.05) is 60.7 Å². The Labute approximate surface area is 252 Å². The summed E-state index contributed by atoms with van der Waals surface area (Å²) in [5.74, 6) is 2.32. The van der Waals surface area contributed by atoms with Crippen molar-refractivity contribution in [3.63, 3.8) is 0 Å². The van der Waals surface area contributed by atoms with E-state index in [1.54, 1.807) is 24.3 Å². The molecular weight excluding hydrogens is 566 g/mol. The summed E-state index contributed by atoms with van der Waals surface area (Å²) >= 11 is 0. The molecule has 1 atom stereocenters. The van der Waals surface area contributed by atoms with Gasteiger partial charge >= 0.3 is 5.97 Å². The minimum Gasteiger partial charge on any atom is -0.493 e. The Hall–Kier alpha value is -4.50. The Bertz CT molecular complexity index is 1640. The van der Waals surface area contributed by atoms with Crippen molar-refractivity contribution in [2.75, 3.05) is 24.6 Å². The quantitative estimate of drug-likeness (QED) is 0.126. The zero-order chi connectivity index (χ0) is 30.2. The molecule has 8 nitrogen and oxygen atoms in total. The first kappa shape index (κ1) is 30.0. The molecule has 224 valence electrons. The topological polar surface area (TPSA) is 91.4 Å². The molecule has 0 fully saturated rings. The maximum absolute atomic E-state index is 13.6. The lowest BCUT2D eigenvalue weighted by Crippen LogP contribution is -2.43. The van der Waals surface area contributed by atoms with Crippen LogP contribution < -0.4 is 18.5 Å². The Morgan fingerprint density at radius 1 is 0.837 bits per heavy atom. The smallest absolute Gasteiger partial charge is 0.330 e. The van der Waals surface area contributed by atoms with Gasteiger partial charge in [-0.3, -0.25) is 4.31 Å². The van der Waals surface area contributed by atoms with E-state index in [-0.39, 0.29) is 11.3 Å². The zero-order valence-electron chi connectivity index (χ0n) is 24.3. The van der Waals surface area contributed by atoms with Crippen molar-refractivity contribution in [1.82, 2.24) is 0 Å². The second-order valence-corrected chi connectivity index (χ2v) is 11.9. The summed E-state index contributed by atoms with van der Waals surface area (Å²) < 4.78 is 51.2. The van der Waals surface area contributed by atoms with Gasteiger partial charge in [-0.2, -0.15) is 0 Å². The number of methoxy groups -OCH3 is 1. The molecule has 0 N–H and O–H groups in total. The second kappa shape index (κ2) is 13.6. The molecule has 0 saturated carbocycles. The SMILES string of the molecule is CCCc1cc(Oc2ccccc2)ccc1OCCCOc1ccc(S(=O)(=O)N2c3ccccc3CC2C(=O)OC)cc1. The van der Waals surface area contributed by atoms with Crippen LogP contribution >= 0.6 is 0 Å². The lowest BCUT2D eigenvalue weighted by molar-refractivity contribution is -0.141. The van der Waals surface area contributed by atoms with E-state index in [9.17, 15) is 13.2 Å².